The first-order chi connectivity index (χ1) is 32.7. The largest absolute Gasteiger partial charge is 0.349 e. The quantitative estimate of drug-likeness (QED) is 0.210. The van der Waals surface area contributed by atoms with E-state index < -0.39 is 39.1 Å². The first kappa shape index (κ1) is 44.7. The Morgan fingerprint density at radius 1 is 0.328 bits per heavy atom. The molecule has 8 aliphatic rings. The van der Waals surface area contributed by atoms with Crippen LogP contribution in [0.15, 0.2) is 121 Å². The third-order valence-corrected chi connectivity index (χ3v) is 19.5. The van der Waals surface area contributed by atoms with E-state index in [-0.39, 0.29) is 0 Å². The van der Waals surface area contributed by atoms with Crippen LogP contribution in [0.5, 0.6) is 0 Å². The minimum absolute atomic E-state index is 0.406. The predicted molar refractivity (Wildman–Crippen MR) is 259 cm³/mol. The van der Waals surface area contributed by atoms with E-state index in [9.17, 15) is 10.4 Å². The second-order valence-corrected chi connectivity index (χ2v) is 23.4. The smallest absolute Gasteiger partial charge is 0.172 e. The molecule has 0 amide bonds. The molecule has 8 fully saturated rings. The van der Waals surface area contributed by atoms with Crippen LogP contribution in [0.3, 0.4) is 0 Å². The number of ether oxygens (including phenoxy) is 4. The van der Waals surface area contributed by atoms with Gasteiger partial charge in [0.2, 0.25) is 0 Å². The molecule has 4 saturated carbocycles. The average molecular weight is 907 g/mol. The molecule has 4 aromatic carbocycles. The van der Waals surface area contributed by atoms with Crippen LogP contribution < -0.4 is 0 Å². The van der Waals surface area contributed by atoms with E-state index in [1.807, 2.05) is 10.1 Å². The Kier molecular flexibility index (Phi) is 11.7. The lowest BCUT2D eigenvalue weighted by atomic mass is 9.61. The van der Waals surface area contributed by atoms with Gasteiger partial charge in [0.1, 0.15) is 0 Å². The predicted octanol–water partition coefficient (Wildman–Crippen LogP) is 12.8. The molecule has 4 saturated heterocycles. The molecule has 4 aliphatic carbocycles. The first-order valence-electron chi connectivity index (χ1n) is 26.4. The van der Waals surface area contributed by atoms with Crippen LogP contribution in [0.1, 0.15) is 174 Å². The van der Waals surface area contributed by atoms with E-state index in [0.29, 0.717) is 75.8 Å². The van der Waals surface area contributed by atoms with Gasteiger partial charge in [-0.05, 0) is 149 Å². The van der Waals surface area contributed by atoms with E-state index in [2.05, 4.69) is 121 Å². The van der Waals surface area contributed by atoms with Gasteiger partial charge in [0.25, 0.3) is 0 Å². The van der Waals surface area contributed by atoms with Crippen molar-refractivity contribution in [3.05, 3.63) is 144 Å². The summed E-state index contributed by atoms with van der Waals surface area (Å²) in [7, 11) is 0. The number of hydroxylamine groups is 4. The van der Waals surface area contributed by atoms with E-state index >= 15 is 0 Å². The lowest BCUT2D eigenvalue weighted by Gasteiger charge is -2.65. The fourth-order valence-corrected chi connectivity index (χ4v) is 15.7. The van der Waals surface area contributed by atoms with Gasteiger partial charge in [-0.1, -0.05) is 121 Å². The third kappa shape index (κ3) is 8.08. The Hall–Kier alpha value is -3.44. The van der Waals surface area contributed by atoms with Crippen LogP contribution >= 0.6 is 0 Å². The molecule has 7 spiro atoms. The Labute approximate surface area is 399 Å². The summed E-state index contributed by atoms with van der Waals surface area (Å²) in [5, 5.41) is 29.2. The molecule has 0 unspecified atom stereocenters. The monoisotopic (exact) mass is 907 g/mol. The Balaban J connectivity index is 0.776. The SMILES string of the molecule is ON1C2(CCC(c3ccccc3)CC2)CC2(CC13CCC(c1ccccc1)CC3)OCC1(CO2)COC2(CC3(CCC(c4ccccc4)CC3)N(O)C3(CCC(c4ccccc4)CC3)C2)OC1. The van der Waals surface area contributed by atoms with Crippen molar-refractivity contribution in [3.8, 4) is 0 Å². The molecule has 2 N–H and O–H groups in total. The summed E-state index contributed by atoms with van der Waals surface area (Å²) in [4.78, 5) is 0. The Bertz CT molecular complexity index is 1950. The summed E-state index contributed by atoms with van der Waals surface area (Å²) in [5.41, 5.74) is 3.60. The molecular weight excluding hydrogens is 833 g/mol. The number of benzene rings is 4. The lowest BCUT2D eigenvalue weighted by Crippen LogP contribution is -2.73. The molecule has 4 aromatic rings. The molecule has 12 rings (SSSR count). The summed E-state index contributed by atoms with van der Waals surface area (Å²) in [6.07, 6.45) is 18.4. The number of rotatable bonds is 4. The van der Waals surface area contributed by atoms with Crippen LogP contribution in [0.4, 0.5) is 0 Å². The number of nitrogens with zero attached hydrogens (tertiary/aromatic N) is 2. The standard InChI is InChI=1S/C59H74N2O6/c62-60-54(29-21-49(22-30-54)45-13-5-1-6-14-45)37-58(38-55(60)31-23-50(24-32-55)46-15-7-2-8-16-46)64-41-53(42-65-58)43-66-59(67-44-53)39-56(33-25-51(26-34-56)47-17-9-3-10-18-47)61(63)57(40-59)35-27-52(28-36-57)48-19-11-4-12-20-48/h1-20,49-52,62-63H,21-44H2. The zero-order valence-electron chi connectivity index (χ0n) is 39.7. The lowest BCUT2D eigenvalue weighted by molar-refractivity contribution is -0.424. The highest BCUT2D eigenvalue weighted by Gasteiger charge is 2.67. The van der Waals surface area contributed by atoms with Crippen molar-refractivity contribution in [1.29, 1.82) is 0 Å². The maximum atomic E-state index is 12.7. The molecule has 356 valence electrons. The molecule has 0 radical (unpaired) electrons. The summed E-state index contributed by atoms with van der Waals surface area (Å²) >= 11 is 0. The highest BCUT2D eigenvalue weighted by Crippen LogP contribution is 2.61. The van der Waals surface area contributed by atoms with Crippen LogP contribution in [0, 0.1) is 5.41 Å². The molecule has 4 aliphatic heterocycles. The summed E-state index contributed by atoms with van der Waals surface area (Å²) < 4.78 is 29.1. The van der Waals surface area contributed by atoms with E-state index in [1.165, 1.54) is 22.3 Å². The van der Waals surface area contributed by atoms with Gasteiger partial charge in [-0.15, -0.1) is 0 Å². The molecule has 0 atom stereocenters. The van der Waals surface area contributed by atoms with Gasteiger partial charge >= 0.3 is 0 Å². The van der Waals surface area contributed by atoms with Crippen LogP contribution in [0.25, 0.3) is 0 Å². The van der Waals surface area contributed by atoms with E-state index in [0.717, 1.165) is 103 Å². The summed E-state index contributed by atoms with van der Waals surface area (Å²) in [5.74, 6) is 0.441. The van der Waals surface area contributed by atoms with Crippen molar-refractivity contribution in [3.63, 3.8) is 0 Å². The molecule has 0 aromatic heterocycles. The normalized spacial score (nSPS) is 41.7. The van der Waals surface area contributed by atoms with E-state index in [4.69, 9.17) is 18.9 Å². The van der Waals surface area contributed by atoms with E-state index in [1.54, 1.807) is 0 Å². The number of piperidine rings is 2. The van der Waals surface area contributed by atoms with Crippen molar-refractivity contribution < 1.29 is 29.4 Å². The van der Waals surface area contributed by atoms with Crippen LogP contribution in [0.2, 0.25) is 0 Å². The third-order valence-electron chi connectivity index (χ3n) is 19.5. The highest BCUT2D eigenvalue weighted by atomic mass is 16.7. The highest BCUT2D eigenvalue weighted by molar-refractivity contribution is 5.26. The van der Waals surface area contributed by atoms with Gasteiger partial charge in [0.15, 0.2) is 11.6 Å². The van der Waals surface area contributed by atoms with Gasteiger partial charge < -0.3 is 29.4 Å². The van der Waals surface area contributed by atoms with Crippen molar-refractivity contribution in [2.75, 3.05) is 26.4 Å². The maximum Gasteiger partial charge on any atom is 0.172 e. The Morgan fingerprint density at radius 3 is 0.746 bits per heavy atom. The Morgan fingerprint density at radius 2 is 0.537 bits per heavy atom. The average Bonchev–Trinajstić information content (AvgIpc) is 3.39. The second kappa shape index (κ2) is 17.4. The number of hydrogen-bond donors (Lipinski definition) is 2. The minimum Gasteiger partial charge on any atom is -0.349 e. The molecule has 67 heavy (non-hydrogen) atoms. The summed E-state index contributed by atoms with van der Waals surface area (Å²) in [6, 6.07) is 43.9. The maximum absolute atomic E-state index is 12.7. The van der Waals surface area contributed by atoms with Crippen LogP contribution in [-0.2, 0) is 18.9 Å². The summed E-state index contributed by atoms with van der Waals surface area (Å²) in [6.45, 7) is 2.06. The number of hydrogen-bond acceptors (Lipinski definition) is 8. The van der Waals surface area contributed by atoms with Gasteiger partial charge in [-0.25, -0.2) is 0 Å². The fourth-order valence-electron chi connectivity index (χ4n) is 15.7. The van der Waals surface area contributed by atoms with Crippen molar-refractivity contribution in [2.24, 2.45) is 5.41 Å². The first-order valence-corrected chi connectivity index (χ1v) is 26.4. The molecule has 0 bridgehead atoms. The van der Waals surface area contributed by atoms with Gasteiger partial charge in [-0.3, -0.25) is 0 Å². The zero-order valence-corrected chi connectivity index (χ0v) is 39.7. The molecule has 8 heteroatoms. The molecule has 4 heterocycles. The van der Waals surface area contributed by atoms with Crippen LogP contribution in [-0.4, -0.2) is 80.7 Å². The van der Waals surface area contributed by atoms with Gasteiger partial charge in [0, 0.05) is 25.7 Å². The second-order valence-electron chi connectivity index (χ2n) is 23.4. The fraction of sp³-hybridized carbons (Fsp3) is 0.593. The topological polar surface area (TPSA) is 83.9 Å². The van der Waals surface area contributed by atoms with Gasteiger partial charge in [0.05, 0.1) is 54.0 Å². The molecule has 8 nitrogen and oxygen atoms in total. The zero-order chi connectivity index (χ0) is 45.2. The minimum atomic E-state index is -0.774. The van der Waals surface area contributed by atoms with Crippen molar-refractivity contribution in [2.45, 2.75) is 186 Å². The molecular formula is C59H74N2O6. The van der Waals surface area contributed by atoms with Gasteiger partial charge in [-0.2, -0.15) is 10.1 Å². The van der Waals surface area contributed by atoms with Crippen molar-refractivity contribution >= 4 is 0 Å². The van der Waals surface area contributed by atoms with Crippen molar-refractivity contribution in [1.82, 2.24) is 10.1 Å².